The molecule has 0 aliphatic rings. The number of aliphatic imine (C=N–C) groups is 1. The molecule has 4 N–H and O–H groups in total. The minimum Gasteiger partial charge on any atom is -0.871 e. The summed E-state index contributed by atoms with van der Waals surface area (Å²) in [6.45, 7) is 2.85. The molecule has 0 bridgehead atoms. The van der Waals surface area contributed by atoms with Gasteiger partial charge < -0.3 is 30.1 Å². The zero-order valence-corrected chi connectivity index (χ0v) is 46.3. The van der Waals surface area contributed by atoms with Crippen molar-refractivity contribution >= 4 is 160 Å². The van der Waals surface area contributed by atoms with Crippen molar-refractivity contribution < 1.29 is 55.5 Å². The number of aromatic hydroxyl groups is 1. The topological polar surface area (TPSA) is 284 Å². The van der Waals surface area contributed by atoms with E-state index < -0.39 is 53.3 Å². The number of carbonyl (C=O) groups is 1. The maximum Gasteiger partial charge on any atom is 2.00 e. The zero-order chi connectivity index (χ0) is 52.1. The average molecular weight is 1190 g/mol. The Bertz CT molecular complexity index is 3790. The molecule has 23 heteroatoms. The van der Waals surface area contributed by atoms with E-state index in [-0.39, 0.29) is 110 Å². The number of phenols is 1. The number of hydrogen-bond donors (Lipinski definition) is 4. The van der Waals surface area contributed by atoms with Gasteiger partial charge in [0.1, 0.15) is 32.7 Å². The monoisotopic (exact) mass is 1190 g/mol. The number of nitrogens with one attached hydrogen (secondary N) is 1. The molecule has 0 spiro atoms. The van der Waals surface area contributed by atoms with Crippen molar-refractivity contribution in [1.82, 2.24) is 0 Å². The minimum atomic E-state index is -4.57. The van der Waals surface area contributed by atoms with E-state index in [1.807, 2.05) is 0 Å². The summed E-state index contributed by atoms with van der Waals surface area (Å²) in [6, 6.07) is 35.0. The number of anilines is 1. The van der Waals surface area contributed by atoms with Gasteiger partial charge >= 0.3 is 48.9 Å². The number of amides is 1. The average Bonchev–Trinajstić information content (AvgIpc) is 3.34. The van der Waals surface area contributed by atoms with Crippen molar-refractivity contribution in [2.24, 2.45) is 25.4 Å². The molecule has 73 heavy (non-hydrogen) atoms. The molecule has 0 aliphatic carbocycles. The normalized spacial score (nSPS) is 11.9. The summed E-state index contributed by atoms with van der Waals surface area (Å²) in [7, 11) is -6.21. The van der Waals surface area contributed by atoms with Crippen molar-refractivity contribution in [3.8, 4) is 23.0 Å². The number of azo groups is 2. The van der Waals surface area contributed by atoms with Crippen molar-refractivity contribution in [1.29, 1.82) is 0 Å². The second kappa shape index (κ2) is 23.6. The molecule has 0 atom stereocenters. The number of rotatable bonds is 12. The van der Waals surface area contributed by atoms with Crippen LogP contribution < -0.4 is 25.0 Å². The van der Waals surface area contributed by atoms with Crippen molar-refractivity contribution in [2.45, 2.75) is 23.6 Å². The number of methoxy groups -OCH3 is 2. The second-order valence-corrected chi connectivity index (χ2v) is 19.0. The van der Waals surface area contributed by atoms with Crippen LogP contribution in [0.1, 0.15) is 27.0 Å². The van der Waals surface area contributed by atoms with Gasteiger partial charge in [0.2, 0.25) is 0 Å². The van der Waals surface area contributed by atoms with Gasteiger partial charge in [-0.05, 0) is 108 Å². The summed E-state index contributed by atoms with van der Waals surface area (Å²) < 4.78 is 76.3. The van der Waals surface area contributed by atoms with Gasteiger partial charge in [-0.1, -0.05) is 102 Å². The van der Waals surface area contributed by atoms with Crippen molar-refractivity contribution in [3.05, 3.63) is 166 Å². The molecule has 0 radical (unpaired) electrons. The number of para-hydroxylation sites is 4. The number of nitrogens with zero attached hydrogens (tertiary/aromatic N) is 5. The van der Waals surface area contributed by atoms with Crippen LogP contribution in [0.15, 0.2) is 169 Å². The van der Waals surface area contributed by atoms with E-state index >= 15 is 0 Å². The fourth-order valence-electron chi connectivity index (χ4n) is 7.22. The second-order valence-electron chi connectivity index (χ2n) is 15.4. The first-order chi connectivity index (χ1) is 34.2. The Balaban J connectivity index is 0.000000235. The summed E-state index contributed by atoms with van der Waals surface area (Å²) in [5.74, 6) is -1.73. The number of fused-ring (bicyclic) bond motifs is 2. The third kappa shape index (κ3) is 12.9. The van der Waals surface area contributed by atoms with E-state index in [2.05, 4.69) is 30.8 Å². The molecule has 18 nitrogen and oxygen atoms in total. The van der Waals surface area contributed by atoms with Crippen LogP contribution in [0, 0.1) is 13.8 Å². The molecule has 8 rings (SSSR count). The molecular formula is C50H38BaCl2N6O12S2. The Labute approximate surface area is 468 Å². The molecule has 368 valence electrons. The molecule has 0 aliphatic heterocycles. The fourth-order valence-corrected chi connectivity index (χ4v) is 9.31. The molecule has 1 amide bonds. The molecule has 0 aromatic heterocycles. The van der Waals surface area contributed by atoms with Crippen LogP contribution in [0.5, 0.6) is 23.0 Å². The number of ether oxygens (including phenoxy) is 2. The first-order valence-corrected chi connectivity index (χ1v) is 24.5. The van der Waals surface area contributed by atoms with Crippen LogP contribution in [0.25, 0.3) is 21.5 Å². The first-order valence-electron chi connectivity index (χ1n) is 20.9. The maximum atomic E-state index is 13.3. The standard InChI is InChI=1S/2C25H20ClN3O6S.Ba/c2*1-14-20(12-16(26)13-22(14)36(32,33)34)28-29-23-17-8-4-3-7-15(17)11-18(24(23)30)25(31)27-19-9-5-6-10-21(19)35-2;/h2*3-13,30H,1-2H3,(H,27,31)(H,32,33,34);/q;;+2/p-2. The summed E-state index contributed by atoms with van der Waals surface area (Å²) in [5.41, 5.74) is 0.508. The van der Waals surface area contributed by atoms with E-state index in [4.69, 9.17) is 32.7 Å². The van der Waals surface area contributed by atoms with Gasteiger partial charge in [-0.25, -0.2) is 0 Å². The molecular weight excluding hydrogens is 1150 g/mol. The summed E-state index contributed by atoms with van der Waals surface area (Å²) >= 11 is 12.0. The maximum absolute atomic E-state index is 13.3. The van der Waals surface area contributed by atoms with E-state index in [1.54, 1.807) is 97.1 Å². The number of halogens is 2. The Morgan fingerprint density at radius 2 is 1.05 bits per heavy atom. The molecule has 8 aromatic rings. The molecule has 8 aromatic carbocycles. The van der Waals surface area contributed by atoms with Gasteiger partial charge in [0.15, 0.2) is 5.75 Å². The van der Waals surface area contributed by atoms with Gasteiger partial charge in [0, 0.05) is 20.8 Å². The van der Waals surface area contributed by atoms with Crippen molar-refractivity contribution in [2.75, 3.05) is 19.5 Å². The summed E-state index contributed by atoms with van der Waals surface area (Å²) in [5, 5.41) is 58.6. The third-order valence-corrected chi connectivity index (χ3v) is 13.2. The van der Waals surface area contributed by atoms with Gasteiger partial charge in [0.05, 0.1) is 42.5 Å². The van der Waals surface area contributed by atoms with Crippen LogP contribution in [0.4, 0.5) is 34.1 Å². The predicted octanol–water partition coefficient (Wildman–Crippen LogP) is 11.0. The molecule has 0 saturated heterocycles. The first kappa shape index (κ1) is 55.9. The van der Waals surface area contributed by atoms with Gasteiger partial charge in [-0.2, -0.15) is 32.2 Å². The Hall–Kier alpha value is -6.41. The molecule has 0 heterocycles. The molecule has 0 saturated carbocycles. The van der Waals surface area contributed by atoms with Gasteiger partial charge in [0.25, 0.3) is 26.1 Å². The van der Waals surface area contributed by atoms with Crippen LogP contribution in [-0.2, 0) is 20.2 Å². The van der Waals surface area contributed by atoms with Crippen LogP contribution >= 0.6 is 23.2 Å². The quantitative estimate of drug-likeness (QED) is 0.0292. The van der Waals surface area contributed by atoms with Gasteiger partial charge in [-0.3, -0.25) is 18.9 Å². The van der Waals surface area contributed by atoms with E-state index in [1.165, 1.54) is 52.3 Å². The van der Waals surface area contributed by atoms with Crippen LogP contribution in [0.2, 0.25) is 10.0 Å². The van der Waals surface area contributed by atoms with E-state index in [0.717, 1.165) is 12.1 Å². The largest absolute Gasteiger partial charge is 2.00 e. The predicted molar refractivity (Wildman–Crippen MR) is 275 cm³/mol. The fraction of sp³-hybridized carbons (Fsp3) is 0.0800. The number of carbonyl (C=O) groups excluding carboxylic acids is 1. The Kier molecular flexibility index (Phi) is 18.1. The number of hydrogen-bond acceptors (Lipinski definition) is 15. The summed E-state index contributed by atoms with van der Waals surface area (Å²) in [4.78, 5) is 16.3. The van der Waals surface area contributed by atoms with Crippen LogP contribution in [0.3, 0.4) is 0 Å². The number of benzene rings is 8. The van der Waals surface area contributed by atoms with E-state index in [9.17, 15) is 46.1 Å². The third-order valence-electron chi connectivity index (χ3n) is 10.8. The van der Waals surface area contributed by atoms with Gasteiger partial charge in [-0.15, -0.1) is 5.11 Å². The van der Waals surface area contributed by atoms with Crippen molar-refractivity contribution in [3.63, 3.8) is 0 Å². The minimum absolute atomic E-state index is 0. The Morgan fingerprint density at radius 1 is 0.603 bits per heavy atom. The molecule has 0 unspecified atom stereocenters. The number of phenolic OH excluding ortho intramolecular Hbond substituents is 1. The molecule has 0 fully saturated rings. The summed E-state index contributed by atoms with van der Waals surface area (Å²) in [6.07, 6.45) is 0. The van der Waals surface area contributed by atoms with E-state index in [0.29, 0.717) is 38.7 Å². The smallest absolute Gasteiger partial charge is 0.871 e. The SMILES string of the molecule is COc1ccccc1N=C([O-])c1cc2ccccc2c(N=Nc2cc(Cl)cc(S(=O)(=O)O)c2C)c1[O-].COc1ccccc1NC(=O)c1cc2ccccc2c(N=Nc2cc(Cl)cc(S(=O)(=O)O)c2C)c1O.[Ba+2]. The van der Waals surface area contributed by atoms with Crippen LogP contribution in [-0.4, -0.2) is 106 Å². The zero-order valence-electron chi connectivity index (χ0n) is 38.7. The Morgan fingerprint density at radius 3 is 1.59 bits per heavy atom.